The summed E-state index contributed by atoms with van der Waals surface area (Å²) in [6.45, 7) is 2.09. The number of nitrogens with two attached hydrogens (primary N) is 1. The van der Waals surface area contributed by atoms with Gasteiger partial charge in [-0.1, -0.05) is 18.0 Å². The van der Waals surface area contributed by atoms with E-state index >= 15 is 0 Å². The van der Waals surface area contributed by atoms with Crippen molar-refractivity contribution in [2.24, 2.45) is 22.2 Å². The lowest BCUT2D eigenvalue weighted by Gasteiger charge is -2.34. The number of rotatable bonds is 4. The first kappa shape index (κ1) is 13.2. The molecule has 2 fully saturated rings. The third-order valence-electron chi connectivity index (χ3n) is 4.70. The molecule has 0 heterocycles. The van der Waals surface area contributed by atoms with E-state index in [9.17, 15) is 4.79 Å². The molecule has 0 aromatic heterocycles. The molecule has 0 aromatic carbocycles. The van der Waals surface area contributed by atoms with Gasteiger partial charge in [0.15, 0.2) is 5.84 Å². The second kappa shape index (κ2) is 4.78. The van der Waals surface area contributed by atoms with Crippen LogP contribution in [0.15, 0.2) is 5.16 Å². The van der Waals surface area contributed by atoms with E-state index in [1.807, 2.05) is 7.05 Å². The molecule has 2 saturated carbocycles. The van der Waals surface area contributed by atoms with Crippen molar-refractivity contribution < 1.29 is 10.0 Å². The fourth-order valence-electron chi connectivity index (χ4n) is 3.07. The van der Waals surface area contributed by atoms with E-state index in [2.05, 4.69) is 12.1 Å². The molecule has 0 spiro atoms. The summed E-state index contributed by atoms with van der Waals surface area (Å²) < 4.78 is 0. The van der Waals surface area contributed by atoms with Gasteiger partial charge in [0.05, 0.1) is 0 Å². The average Bonchev–Trinajstić information content (AvgIpc) is 3.12. The van der Waals surface area contributed by atoms with E-state index < -0.39 is 5.41 Å². The fraction of sp³-hybridized carbons (Fsp3) is 0.846. The van der Waals surface area contributed by atoms with Crippen LogP contribution in [0, 0.1) is 11.3 Å². The number of oxime groups is 1. The highest BCUT2D eigenvalue weighted by molar-refractivity contribution is 6.07. The molecule has 0 radical (unpaired) electrons. The molecular weight excluding hydrogens is 230 g/mol. The molecule has 0 aliphatic heterocycles. The van der Waals surface area contributed by atoms with Gasteiger partial charge in [-0.3, -0.25) is 4.79 Å². The van der Waals surface area contributed by atoms with Crippen molar-refractivity contribution in [2.45, 2.75) is 51.5 Å². The second-order valence-electron chi connectivity index (χ2n) is 5.77. The molecule has 2 aliphatic rings. The Hall–Kier alpha value is -1.26. The zero-order valence-electron chi connectivity index (χ0n) is 11.2. The van der Waals surface area contributed by atoms with Gasteiger partial charge in [0, 0.05) is 13.1 Å². The SMILES string of the molecule is CC(C1CC1)N(C)C(=O)C1(/C(N)=N/O)CCCC1. The van der Waals surface area contributed by atoms with Crippen LogP contribution in [0.4, 0.5) is 0 Å². The third-order valence-corrected chi connectivity index (χ3v) is 4.70. The highest BCUT2D eigenvalue weighted by Gasteiger charge is 2.48. The largest absolute Gasteiger partial charge is 0.409 e. The lowest BCUT2D eigenvalue weighted by Crippen LogP contribution is -2.51. The zero-order valence-corrected chi connectivity index (χ0v) is 11.2. The molecule has 5 heteroatoms. The van der Waals surface area contributed by atoms with Gasteiger partial charge in [0.2, 0.25) is 5.91 Å². The Labute approximate surface area is 108 Å². The molecule has 1 unspecified atom stereocenters. The second-order valence-corrected chi connectivity index (χ2v) is 5.77. The molecular formula is C13H23N3O2. The molecule has 3 N–H and O–H groups in total. The van der Waals surface area contributed by atoms with Crippen molar-refractivity contribution in [3.63, 3.8) is 0 Å². The maximum atomic E-state index is 12.7. The minimum absolute atomic E-state index is 0.0229. The van der Waals surface area contributed by atoms with E-state index in [0.29, 0.717) is 18.8 Å². The van der Waals surface area contributed by atoms with Crippen LogP contribution in [0.3, 0.4) is 0 Å². The van der Waals surface area contributed by atoms with Crippen LogP contribution < -0.4 is 5.73 Å². The monoisotopic (exact) mass is 253 g/mol. The van der Waals surface area contributed by atoms with E-state index in [4.69, 9.17) is 10.9 Å². The summed E-state index contributed by atoms with van der Waals surface area (Å²) >= 11 is 0. The van der Waals surface area contributed by atoms with Crippen LogP contribution in [-0.4, -0.2) is 34.9 Å². The van der Waals surface area contributed by atoms with Gasteiger partial charge in [-0.15, -0.1) is 0 Å². The van der Waals surface area contributed by atoms with E-state index in [0.717, 1.165) is 12.8 Å². The summed E-state index contributed by atoms with van der Waals surface area (Å²) in [5, 5.41) is 12.1. The molecule has 102 valence electrons. The summed E-state index contributed by atoms with van der Waals surface area (Å²) in [7, 11) is 1.84. The number of amidine groups is 1. The molecule has 0 bridgehead atoms. The molecule has 0 saturated heterocycles. The number of hydrogen-bond donors (Lipinski definition) is 2. The summed E-state index contributed by atoms with van der Waals surface area (Å²) in [6.07, 6.45) is 5.73. The Morgan fingerprint density at radius 2 is 2.00 bits per heavy atom. The highest BCUT2D eigenvalue weighted by Crippen LogP contribution is 2.42. The van der Waals surface area contributed by atoms with Crippen LogP contribution in [0.1, 0.15) is 45.4 Å². The first-order chi connectivity index (χ1) is 8.53. The van der Waals surface area contributed by atoms with Crippen LogP contribution in [-0.2, 0) is 4.79 Å². The Morgan fingerprint density at radius 3 is 2.44 bits per heavy atom. The maximum Gasteiger partial charge on any atom is 0.236 e. The standard InChI is InChI=1S/C13H23N3O2/c1-9(10-5-6-10)16(2)12(17)13(11(14)15-18)7-3-4-8-13/h9-10,18H,3-8H2,1-2H3,(H2,14,15). The third kappa shape index (κ3) is 2.06. The lowest BCUT2D eigenvalue weighted by molar-refractivity contribution is -0.139. The van der Waals surface area contributed by atoms with Gasteiger partial charge in [-0.05, 0) is 38.5 Å². The van der Waals surface area contributed by atoms with Gasteiger partial charge in [0.1, 0.15) is 5.41 Å². The quantitative estimate of drug-likeness (QED) is 0.345. The molecule has 18 heavy (non-hydrogen) atoms. The van der Waals surface area contributed by atoms with Crippen molar-refractivity contribution in [2.75, 3.05) is 7.05 Å². The number of carbonyl (C=O) groups is 1. The number of hydrogen-bond acceptors (Lipinski definition) is 3. The molecule has 2 aliphatic carbocycles. The number of carbonyl (C=O) groups excluding carboxylic acids is 1. The van der Waals surface area contributed by atoms with E-state index in [1.54, 1.807) is 4.90 Å². The Morgan fingerprint density at radius 1 is 1.44 bits per heavy atom. The highest BCUT2D eigenvalue weighted by atomic mass is 16.4. The first-order valence-electron chi connectivity index (χ1n) is 6.78. The van der Waals surface area contributed by atoms with Crippen molar-refractivity contribution >= 4 is 11.7 Å². The van der Waals surface area contributed by atoms with Crippen LogP contribution in [0.2, 0.25) is 0 Å². The van der Waals surface area contributed by atoms with Crippen molar-refractivity contribution in [1.29, 1.82) is 0 Å². The summed E-state index contributed by atoms with van der Waals surface area (Å²) in [5.74, 6) is 0.735. The van der Waals surface area contributed by atoms with Gasteiger partial charge < -0.3 is 15.8 Å². The van der Waals surface area contributed by atoms with Crippen LogP contribution in [0.25, 0.3) is 0 Å². The summed E-state index contributed by atoms with van der Waals surface area (Å²) in [6, 6.07) is 0.251. The van der Waals surface area contributed by atoms with E-state index in [1.165, 1.54) is 12.8 Å². The van der Waals surface area contributed by atoms with Crippen molar-refractivity contribution in [3.05, 3.63) is 0 Å². The fourth-order valence-corrected chi connectivity index (χ4v) is 3.07. The minimum atomic E-state index is -0.757. The molecule has 2 rings (SSSR count). The average molecular weight is 253 g/mol. The zero-order chi connectivity index (χ0) is 13.3. The predicted molar refractivity (Wildman–Crippen MR) is 69.3 cm³/mol. The van der Waals surface area contributed by atoms with Crippen molar-refractivity contribution in [1.82, 2.24) is 4.90 Å². The number of nitrogens with zero attached hydrogens (tertiary/aromatic N) is 2. The molecule has 0 aromatic rings. The normalized spacial score (nSPS) is 24.9. The van der Waals surface area contributed by atoms with Gasteiger partial charge in [-0.25, -0.2) is 0 Å². The Balaban J connectivity index is 2.17. The van der Waals surface area contributed by atoms with Crippen LogP contribution in [0.5, 0.6) is 0 Å². The van der Waals surface area contributed by atoms with Crippen LogP contribution >= 0.6 is 0 Å². The van der Waals surface area contributed by atoms with Gasteiger partial charge >= 0.3 is 0 Å². The summed E-state index contributed by atoms with van der Waals surface area (Å²) in [5.41, 5.74) is 5.04. The smallest absolute Gasteiger partial charge is 0.236 e. The Kier molecular flexibility index (Phi) is 3.50. The van der Waals surface area contributed by atoms with Gasteiger partial charge in [0.25, 0.3) is 0 Å². The van der Waals surface area contributed by atoms with E-state index in [-0.39, 0.29) is 17.8 Å². The van der Waals surface area contributed by atoms with Gasteiger partial charge in [-0.2, -0.15) is 0 Å². The lowest BCUT2D eigenvalue weighted by atomic mass is 9.83. The minimum Gasteiger partial charge on any atom is -0.409 e. The van der Waals surface area contributed by atoms with Crippen molar-refractivity contribution in [3.8, 4) is 0 Å². The Bertz CT molecular complexity index is 357. The predicted octanol–water partition coefficient (Wildman–Crippen LogP) is 1.55. The summed E-state index contributed by atoms with van der Waals surface area (Å²) in [4.78, 5) is 14.5. The molecule has 1 atom stereocenters. The first-order valence-corrected chi connectivity index (χ1v) is 6.78. The number of amides is 1. The topological polar surface area (TPSA) is 78.9 Å². The maximum absolute atomic E-state index is 12.7. The molecule has 5 nitrogen and oxygen atoms in total. The molecule has 1 amide bonds.